The highest BCUT2D eigenvalue weighted by atomic mass is 16.1. The van der Waals surface area contributed by atoms with Gasteiger partial charge < -0.3 is 0 Å². The first-order valence-corrected chi connectivity index (χ1v) is 4.06. The second kappa shape index (κ2) is 2.94. The summed E-state index contributed by atoms with van der Waals surface area (Å²) in [7, 11) is 0. The summed E-state index contributed by atoms with van der Waals surface area (Å²) in [6.45, 7) is 1.73. The van der Waals surface area contributed by atoms with Crippen LogP contribution in [0.25, 0.3) is 5.69 Å². The van der Waals surface area contributed by atoms with Crippen LogP contribution in [0.15, 0.2) is 41.2 Å². The highest BCUT2D eigenvalue weighted by Gasteiger charge is 1.99. The summed E-state index contributed by atoms with van der Waals surface area (Å²) < 4.78 is 8.95. The zero-order chi connectivity index (χ0) is 10.1. The van der Waals surface area contributed by atoms with Crippen molar-refractivity contribution in [2.45, 2.75) is 6.92 Å². The number of rotatable bonds is 1. The van der Waals surface area contributed by atoms with Crippen molar-refractivity contribution in [3.63, 3.8) is 0 Å². The lowest BCUT2D eigenvalue weighted by atomic mass is 10.3. The monoisotopic (exact) mass is 175 g/mol. The zero-order valence-corrected chi connectivity index (χ0v) is 7.27. The number of para-hydroxylation sites is 1. The molecule has 1 N–H and O–H groups in total. The van der Waals surface area contributed by atoms with E-state index in [1.54, 1.807) is 19.1 Å². The Kier molecular flexibility index (Phi) is 1.52. The van der Waals surface area contributed by atoms with E-state index < -0.39 is 0 Å². The molecule has 66 valence electrons. The van der Waals surface area contributed by atoms with Crippen molar-refractivity contribution in [1.29, 1.82) is 0 Å². The van der Waals surface area contributed by atoms with Crippen LogP contribution in [0.5, 0.6) is 0 Å². The standard InChI is InChI=1S/C10H10N2O/c1-8-7-10(13)12(11-8)9-5-3-2-4-6-9/h2-7,11H,1H3/i/hD. The number of hydrogen-bond acceptors (Lipinski definition) is 1. The lowest BCUT2D eigenvalue weighted by Gasteiger charge is -1.99. The Morgan fingerprint density at radius 1 is 1.38 bits per heavy atom. The third-order valence-electron chi connectivity index (χ3n) is 1.80. The molecule has 3 nitrogen and oxygen atoms in total. The Bertz CT molecular complexity index is 499. The van der Waals surface area contributed by atoms with E-state index in [0.29, 0.717) is 11.4 Å². The molecule has 1 heterocycles. The quantitative estimate of drug-likeness (QED) is 0.700. The average Bonchev–Trinajstić information content (AvgIpc) is 2.43. The molecule has 13 heavy (non-hydrogen) atoms. The number of nitrogens with zero attached hydrogens (tertiary/aromatic N) is 1. The van der Waals surface area contributed by atoms with Crippen LogP contribution in [0.1, 0.15) is 5.69 Å². The number of nitrogens with one attached hydrogen (secondary N) is 1. The highest BCUT2D eigenvalue weighted by Crippen LogP contribution is 2.02. The van der Waals surface area contributed by atoms with Gasteiger partial charge in [0, 0.05) is 11.8 Å². The average molecular weight is 175 g/mol. The van der Waals surface area contributed by atoms with Crippen molar-refractivity contribution in [3.8, 4) is 5.69 Å². The number of H-pyrrole nitrogens is 1. The molecule has 0 fully saturated rings. The molecule has 0 aliphatic rings. The first kappa shape index (κ1) is 6.71. The predicted molar refractivity (Wildman–Crippen MR) is 51.1 cm³/mol. The third kappa shape index (κ3) is 1.40. The topological polar surface area (TPSA) is 37.8 Å². The Morgan fingerprint density at radius 2 is 2.08 bits per heavy atom. The lowest BCUT2D eigenvalue weighted by molar-refractivity contribution is 0.835. The van der Waals surface area contributed by atoms with Crippen LogP contribution < -0.4 is 5.56 Å². The predicted octanol–water partition coefficient (Wildman–Crippen LogP) is 1.47. The van der Waals surface area contributed by atoms with Crippen LogP contribution in [0.3, 0.4) is 0 Å². The van der Waals surface area contributed by atoms with Crippen molar-refractivity contribution >= 4 is 0 Å². The molecule has 0 radical (unpaired) electrons. The SMILES string of the molecule is [2H]n1c(C)cc(=O)n1-c1ccccc1. The van der Waals surface area contributed by atoms with E-state index in [0.717, 1.165) is 5.09 Å². The minimum atomic E-state index is -0.177. The summed E-state index contributed by atoms with van der Waals surface area (Å²) in [5, 5.41) is 1.09. The number of benzene rings is 1. The normalized spacial score (nSPS) is 11.3. The number of aromatic nitrogens is 2. The maximum atomic E-state index is 11.5. The fourth-order valence-electron chi connectivity index (χ4n) is 1.23. The van der Waals surface area contributed by atoms with Gasteiger partial charge in [0.2, 0.25) is 0 Å². The second-order valence-corrected chi connectivity index (χ2v) is 2.87. The van der Waals surface area contributed by atoms with Gasteiger partial charge in [-0.15, -0.1) is 0 Å². The Hall–Kier alpha value is -1.77. The van der Waals surface area contributed by atoms with Gasteiger partial charge in [-0.25, -0.2) is 4.68 Å². The molecule has 0 aliphatic carbocycles. The number of aromatic amines is 1. The molecule has 0 atom stereocenters. The van der Waals surface area contributed by atoms with Crippen LogP contribution in [0.4, 0.5) is 0 Å². The summed E-state index contributed by atoms with van der Waals surface area (Å²) in [4.78, 5) is 11.5. The Balaban J connectivity index is 2.69. The highest BCUT2D eigenvalue weighted by molar-refractivity contribution is 5.30. The summed E-state index contributed by atoms with van der Waals surface area (Å²) in [6.07, 6.45) is 0. The molecule has 0 aliphatic heterocycles. The maximum Gasteiger partial charge on any atom is 0.271 e. The first-order valence-electron chi connectivity index (χ1n) is 4.51. The summed E-state index contributed by atoms with van der Waals surface area (Å²) in [5.41, 5.74) is 1.16. The Labute approximate surface area is 77.1 Å². The van der Waals surface area contributed by atoms with Crippen molar-refractivity contribution in [2.75, 3.05) is 0 Å². The molecule has 1 aromatic carbocycles. The second-order valence-electron chi connectivity index (χ2n) is 2.87. The zero-order valence-electron chi connectivity index (χ0n) is 8.27. The van der Waals surface area contributed by atoms with Gasteiger partial charge in [-0.2, -0.15) is 0 Å². The summed E-state index contributed by atoms with van der Waals surface area (Å²) >= 11 is 0. The van der Waals surface area contributed by atoms with E-state index in [-0.39, 0.29) is 5.56 Å². The van der Waals surface area contributed by atoms with Gasteiger partial charge in [-0.1, -0.05) is 18.2 Å². The number of aryl methyl sites for hydroxylation is 1. The molecule has 1 aromatic heterocycles. The van der Waals surface area contributed by atoms with Gasteiger partial charge in [0.25, 0.3) is 5.56 Å². The molecule has 0 amide bonds. The van der Waals surface area contributed by atoms with Gasteiger partial charge in [0.15, 0.2) is 1.41 Å². The van der Waals surface area contributed by atoms with E-state index in [9.17, 15) is 4.79 Å². The van der Waals surface area contributed by atoms with E-state index in [4.69, 9.17) is 1.41 Å². The molecule has 0 spiro atoms. The van der Waals surface area contributed by atoms with Crippen LogP contribution in [-0.4, -0.2) is 9.77 Å². The van der Waals surface area contributed by atoms with Crippen molar-refractivity contribution in [1.82, 2.24) is 9.77 Å². The molecule has 0 bridgehead atoms. The maximum absolute atomic E-state index is 11.5. The number of hydrogen-bond donors (Lipinski definition) is 1. The molecule has 0 saturated carbocycles. The minimum absolute atomic E-state index is 0.177. The largest absolute Gasteiger partial charge is 0.295 e. The molecule has 2 rings (SSSR count). The van der Waals surface area contributed by atoms with Crippen molar-refractivity contribution < 1.29 is 1.41 Å². The van der Waals surface area contributed by atoms with Gasteiger partial charge in [0.1, 0.15) is 0 Å². The third-order valence-corrected chi connectivity index (χ3v) is 1.80. The first-order chi connectivity index (χ1) is 6.70. The molecule has 3 heteroatoms. The molecule has 0 saturated heterocycles. The van der Waals surface area contributed by atoms with Gasteiger partial charge in [-0.3, -0.25) is 9.89 Å². The van der Waals surface area contributed by atoms with Crippen molar-refractivity contribution in [3.05, 3.63) is 52.4 Å². The molecule has 2 aromatic rings. The van der Waals surface area contributed by atoms with E-state index in [1.807, 2.05) is 18.2 Å². The van der Waals surface area contributed by atoms with Crippen molar-refractivity contribution in [2.24, 2.45) is 0 Å². The van der Waals surface area contributed by atoms with Crippen LogP contribution in [-0.2, 0) is 0 Å². The summed E-state index contributed by atoms with van der Waals surface area (Å²) in [6, 6.07) is 10.6. The van der Waals surface area contributed by atoms with E-state index in [1.165, 1.54) is 10.7 Å². The van der Waals surface area contributed by atoms with E-state index in [2.05, 4.69) is 0 Å². The Morgan fingerprint density at radius 3 is 2.62 bits per heavy atom. The molecule has 0 unspecified atom stereocenters. The summed E-state index contributed by atoms with van der Waals surface area (Å²) in [5.74, 6) is 0. The van der Waals surface area contributed by atoms with Crippen LogP contribution in [0, 0.1) is 6.92 Å². The molecular formula is C10H10N2O. The van der Waals surface area contributed by atoms with Gasteiger partial charge in [-0.05, 0) is 19.1 Å². The van der Waals surface area contributed by atoms with Crippen LogP contribution in [0.2, 0.25) is 1.41 Å². The molecular weight excluding hydrogens is 164 g/mol. The minimum Gasteiger partial charge on any atom is -0.295 e. The fraction of sp³-hybridized carbons (Fsp3) is 0.100. The van der Waals surface area contributed by atoms with Gasteiger partial charge in [0.05, 0.1) is 5.69 Å². The lowest BCUT2D eigenvalue weighted by Crippen LogP contribution is -2.12. The fourth-order valence-corrected chi connectivity index (χ4v) is 1.23. The van der Waals surface area contributed by atoms with Gasteiger partial charge >= 0.3 is 0 Å². The van der Waals surface area contributed by atoms with Crippen LogP contribution >= 0.6 is 0 Å². The smallest absolute Gasteiger partial charge is 0.271 e. The van der Waals surface area contributed by atoms with E-state index >= 15 is 0 Å².